The molecule has 22 heavy (non-hydrogen) atoms. The molecule has 0 saturated carbocycles. The molecule has 0 saturated heterocycles. The van der Waals surface area contributed by atoms with Gasteiger partial charge in [0.1, 0.15) is 11.9 Å². The van der Waals surface area contributed by atoms with Crippen LogP contribution in [0.15, 0.2) is 24.5 Å². The summed E-state index contributed by atoms with van der Waals surface area (Å²) < 4.78 is 6.38. The van der Waals surface area contributed by atoms with Crippen molar-refractivity contribution in [2.45, 2.75) is 25.8 Å². The second-order valence-electron chi connectivity index (χ2n) is 5.12. The van der Waals surface area contributed by atoms with E-state index in [1.54, 1.807) is 24.5 Å². The molecule has 3 N–H and O–H groups in total. The molecule has 1 atom stereocenters. The monoisotopic (exact) mass is 304 g/mol. The van der Waals surface area contributed by atoms with E-state index in [1.165, 1.54) is 11.8 Å². The molecule has 0 bridgehead atoms. The number of nitrogens with zero attached hydrogens (tertiary/aromatic N) is 4. The van der Waals surface area contributed by atoms with E-state index in [1.807, 2.05) is 13.8 Å². The fourth-order valence-electron chi connectivity index (χ4n) is 1.80. The zero-order valence-corrected chi connectivity index (χ0v) is 12.9. The zero-order valence-electron chi connectivity index (χ0n) is 12.9. The Kier molecular flexibility index (Phi) is 5.18. The van der Waals surface area contributed by atoms with Crippen LogP contribution in [0.1, 0.15) is 25.5 Å². The number of hydrogen-bond donors (Lipinski definition) is 2. The Bertz CT molecular complexity index is 626. The summed E-state index contributed by atoms with van der Waals surface area (Å²) in [5.41, 5.74) is 6.56. The third-order valence-corrected chi connectivity index (χ3v) is 3.00. The fourth-order valence-corrected chi connectivity index (χ4v) is 1.80. The van der Waals surface area contributed by atoms with Crippen molar-refractivity contribution in [1.29, 1.82) is 0 Å². The predicted octanol–water partition coefficient (Wildman–Crippen LogP) is 0.698. The average Bonchev–Trinajstić information content (AvgIpc) is 2.92. The van der Waals surface area contributed by atoms with E-state index in [4.69, 9.17) is 10.5 Å². The minimum absolute atomic E-state index is 0.138. The van der Waals surface area contributed by atoms with E-state index < -0.39 is 6.04 Å². The third-order valence-electron chi connectivity index (χ3n) is 3.00. The van der Waals surface area contributed by atoms with E-state index in [0.717, 1.165) is 5.69 Å². The van der Waals surface area contributed by atoms with Gasteiger partial charge in [0.05, 0.1) is 12.3 Å². The lowest BCUT2D eigenvalue weighted by Crippen LogP contribution is -2.39. The number of anilines is 1. The number of nitrogens with one attached hydrogen (secondary N) is 1. The van der Waals surface area contributed by atoms with Crippen LogP contribution in [-0.2, 0) is 9.53 Å². The highest BCUT2D eigenvalue weighted by molar-refractivity contribution is 5.94. The number of hydrogen-bond acceptors (Lipinski definition) is 6. The lowest BCUT2D eigenvalue weighted by molar-refractivity contribution is -0.118. The zero-order chi connectivity index (χ0) is 16.1. The summed E-state index contributed by atoms with van der Waals surface area (Å²) >= 11 is 0. The van der Waals surface area contributed by atoms with Crippen molar-refractivity contribution in [3.8, 4) is 5.95 Å². The Morgan fingerprint density at radius 1 is 1.41 bits per heavy atom. The van der Waals surface area contributed by atoms with Gasteiger partial charge in [0.25, 0.3) is 5.95 Å². The number of methoxy groups -OCH3 is 1. The number of carbonyl (C=O) groups is 1. The van der Waals surface area contributed by atoms with E-state index in [9.17, 15) is 4.79 Å². The van der Waals surface area contributed by atoms with Crippen molar-refractivity contribution in [2.24, 2.45) is 5.73 Å². The van der Waals surface area contributed by atoms with E-state index in [2.05, 4.69) is 20.4 Å². The van der Waals surface area contributed by atoms with Crippen molar-refractivity contribution < 1.29 is 9.53 Å². The van der Waals surface area contributed by atoms with Crippen molar-refractivity contribution in [3.05, 3.63) is 30.2 Å². The highest BCUT2D eigenvalue weighted by Gasteiger charge is 2.19. The quantitative estimate of drug-likeness (QED) is 0.813. The lowest BCUT2D eigenvalue weighted by atomic mass is 10.1. The van der Waals surface area contributed by atoms with Gasteiger partial charge in [-0.3, -0.25) is 4.79 Å². The van der Waals surface area contributed by atoms with Gasteiger partial charge in [-0.2, -0.15) is 9.78 Å². The van der Waals surface area contributed by atoms with E-state index >= 15 is 0 Å². The second kappa shape index (κ2) is 7.10. The van der Waals surface area contributed by atoms with Crippen molar-refractivity contribution >= 4 is 11.7 Å². The number of carbonyl (C=O) groups excluding carboxylic acids is 1. The van der Waals surface area contributed by atoms with Crippen LogP contribution in [0.5, 0.6) is 0 Å². The Morgan fingerprint density at radius 3 is 2.68 bits per heavy atom. The Balaban J connectivity index is 2.31. The average molecular weight is 304 g/mol. The first kappa shape index (κ1) is 16.1. The molecule has 0 aliphatic carbocycles. The Labute approximate surface area is 128 Å². The molecular formula is C14H20N6O2. The molecule has 2 heterocycles. The van der Waals surface area contributed by atoms with Gasteiger partial charge in [-0.1, -0.05) is 13.8 Å². The molecule has 2 aromatic rings. The first-order valence-corrected chi connectivity index (χ1v) is 6.95. The van der Waals surface area contributed by atoms with Crippen molar-refractivity contribution in [3.63, 3.8) is 0 Å². The van der Waals surface area contributed by atoms with E-state index in [0.29, 0.717) is 11.8 Å². The largest absolute Gasteiger partial charge is 0.383 e. The van der Waals surface area contributed by atoms with Crippen LogP contribution in [0.2, 0.25) is 0 Å². The smallest absolute Gasteiger partial charge is 0.252 e. The highest BCUT2D eigenvalue weighted by atomic mass is 16.5. The SMILES string of the molecule is COCC(N)C(=O)Nc1cc(C(C)C)nn1-c1ncccn1. The lowest BCUT2D eigenvalue weighted by Gasteiger charge is -2.11. The first-order valence-electron chi connectivity index (χ1n) is 6.95. The van der Waals surface area contributed by atoms with Crippen LogP contribution in [0.25, 0.3) is 5.95 Å². The van der Waals surface area contributed by atoms with Gasteiger partial charge in [-0.15, -0.1) is 0 Å². The molecule has 1 unspecified atom stereocenters. The van der Waals surface area contributed by atoms with Gasteiger partial charge in [0.2, 0.25) is 5.91 Å². The van der Waals surface area contributed by atoms with Gasteiger partial charge in [0, 0.05) is 25.6 Å². The Hall–Kier alpha value is -2.32. The molecule has 2 aromatic heterocycles. The van der Waals surface area contributed by atoms with Gasteiger partial charge >= 0.3 is 0 Å². The molecule has 0 aliphatic heterocycles. The summed E-state index contributed by atoms with van der Waals surface area (Å²) in [6.07, 6.45) is 3.22. The molecular weight excluding hydrogens is 284 g/mol. The summed E-state index contributed by atoms with van der Waals surface area (Å²) in [5.74, 6) is 0.707. The summed E-state index contributed by atoms with van der Waals surface area (Å²) in [5, 5.41) is 7.19. The van der Waals surface area contributed by atoms with Crippen LogP contribution in [0, 0.1) is 0 Å². The van der Waals surface area contributed by atoms with Crippen LogP contribution in [0.3, 0.4) is 0 Å². The second-order valence-corrected chi connectivity index (χ2v) is 5.12. The molecule has 0 aromatic carbocycles. The predicted molar refractivity (Wildman–Crippen MR) is 81.7 cm³/mol. The highest BCUT2D eigenvalue weighted by Crippen LogP contribution is 2.20. The number of ether oxygens (including phenoxy) is 1. The molecule has 1 amide bonds. The standard InChI is InChI=1S/C14H20N6O2/c1-9(2)11-7-12(18-13(21)10(15)8-22-3)20(19-11)14-16-5-4-6-17-14/h4-7,9-10H,8,15H2,1-3H3,(H,18,21). The summed E-state index contributed by atoms with van der Waals surface area (Å²) in [7, 11) is 1.49. The normalized spacial score (nSPS) is 12.4. The minimum Gasteiger partial charge on any atom is -0.383 e. The van der Waals surface area contributed by atoms with Crippen molar-refractivity contribution in [1.82, 2.24) is 19.7 Å². The summed E-state index contributed by atoms with van der Waals surface area (Å²) in [6, 6.07) is 2.74. The van der Waals surface area contributed by atoms with Gasteiger partial charge in [-0.05, 0) is 12.0 Å². The maximum absolute atomic E-state index is 12.1. The Morgan fingerprint density at radius 2 is 2.09 bits per heavy atom. The molecule has 0 spiro atoms. The molecule has 8 heteroatoms. The molecule has 0 fully saturated rings. The number of aromatic nitrogens is 4. The van der Waals surface area contributed by atoms with Crippen LogP contribution in [0.4, 0.5) is 5.82 Å². The van der Waals surface area contributed by atoms with Gasteiger partial charge in [-0.25, -0.2) is 9.97 Å². The summed E-state index contributed by atoms with van der Waals surface area (Å²) in [4.78, 5) is 20.4. The summed E-state index contributed by atoms with van der Waals surface area (Å²) in [6.45, 7) is 4.17. The fraction of sp³-hybridized carbons (Fsp3) is 0.429. The topological polar surface area (TPSA) is 108 Å². The molecule has 8 nitrogen and oxygen atoms in total. The molecule has 2 rings (SSSR count). The van der Waals surface area contributed by atoms with Crippen molar-refractivity contribution in [2.75, 3.05) is 19.0 Å². The van der Waals surface area contributed by atoms with Crippen LogP contribution in [-0.4, -0.2) is 45.4 Å². The van der Waals surface area contributed by atoms with Crippen LogP contribution < -0.4 is 11.1 Å². The third kappa shape index (κ3) is 3.66. The van der Waals surface area contributed by atoms with Gasteiger partial charge in [0.15, 0.2) is 0 Å². The number of amides is 1. The molecule has 0 radical (unpaired) electrons. The number of nitrogens with two attached hydrogens (primary N) is 1. The molecule has 118 valence electrons. The van der Waals surface area contributed by atoms with Gasteiger partial charge < -0.3 is 15.8 Å². The minimum atomic E-state index is -0.757. The van der Waals surface area contributed by atoms with Crippen LogP contribution >= 0.6 is 0 Å². The first-order chi connectivity index (χ1) is 10.5. The maximum Gasteiger partial charge on any atom is 0.252 e. The maximum atomic E-state index is 12.1. The van der Waals surface area contributed by atoms with E-state index in [-0.39, 0.29) is 18.4 Å². The molecule has 0 aliphatic rings. The number of rotatable bonds is 6.